The van der Waals surface area contributed by atoms with Crippen LogP contribution in [0.15, 0.2) is 48.5 Å². The lowest BCUT2D eigenvalue weighted by Gasteiger charge is -2.34. The molecule has 0 aromatic heterocycles. The summed E-state index contributed by atoms with van der Waals surface area (Å²) in [5.74, 6) is 0.371. The van der Waals surface area contributed by atoms with E-state index in [9.17, 15) is 4.79 Å². The molecular weight excluding hydrogens is 332 g/mol. The van der Waals surface area contributed by atoms with Crippen molar-refractivity contribution in [3.05, 3.63) is 64.7 Å². The van der Waals surface area contributed by atoms with E-state index in [1.54, 1.807) is 0 Å². The number of likely N-dealkylation sites (tertiary alicyclic amines) is 1. The number of rotatable bonds is 3. The van der Waals surface area contributed by atoms with Gasteiger partial charge in [0.2, 0.25) is 5.91 Å². The highest BCUT2D eigenvalue weighted by Gasteiger charge is 2.32. The van der Waals surface area contributed by atoms with Crippen LogP contribution in [0, 0.1) is 5.92 Å². The van der Waals surface area contributed by atoms with Crippen LogP contribution >= 0.6 is 11.6 Å². The first-order valence-corrected chi connectivity index (χ1v) is 9.45. The van der Waals surface area contributed by atoms with Gasteiger partial charge < -0.3 is 4.90 Å². The Morgan fingerprint density at radius 2 is 1.88 bits per heavy atom. The molecule has 0 spiro atoms. The van der Waals surface area contributed by atoms with E-state index in [1.165, 1.54) is 5.56 Å². The molecule has 0 aliphatic carbocycles. The van der Waals surface area contributed by atoms with Gasteiger partial charge in [0.25, 0.3) is 0 Å². The first-order chi connectivity index (χ1) is 12.2. The first kappa shape index (κ1) is 16.6. The Hall–Kier alpha value is -1.84. The molecule has 25 heavy (non-hydrogen) atoms. The fraction of sp³-hybridized carbons (Fsp3) is 0.381. The standard InChI is InChI=1S/C21H23ClN2O/c22-19-9-3-1-7-17(19)14-23-12-5-8-18(15-23)21(25)24-13-11-16-6-2-4-10-20(16)24/h1-4,6-7,9-10,18H,5,8,11-15H2/t18-/m0/s1. The third kappa shape index (κ3) is 3.44. The molecule has 1 fully saturated rings. The number of halogens is 1. The third-order valence-electron chi connectivity index (χ3n) is 5.36. The van der Waals surface area contributed by atoms with Crippen LogP contribution in [-0.2, 0) is 17.8 Å². The number of piperidine rings is 1. The highest BCUT2D eigenvalue weighted by Crippen LogP contribution is 2.31. The monoisotopic (exact) mass is 354 g/mol. The highest BCUT2D eigenvalue weighted by molar-refractivity contribution is 6.31. The second kappa shape index (κ2) is 7.19. The van der Waals surface area contributed by atoms with Gasteiger partial charge in [-0.05, 0) is 49.1 Å². The summed E-state index contributed by atoms with van der Waals surface area (Å²) in [7, 11) is 0. The van der Waals surface area contributed by atoms with E-state index in [2.05, 4.69) is 29.2 Å². The van der Waals surface area contributed by atoms with Crippen LogP contribution in [0.5, 0.6) is 0 Å². The van der Waals surface area contributed by atoms with Gasteiger partial charge in [-0.25, -0.2) is 0 Å². The van der Waals surface area contributed by atoms with Gasteiger partial charge in [-0.1, -0.05) is 48.0 Å². The number of amides is 1. The lowest BCUT2D eigenvalue weighted by molar-refractivity contribution is -0.124. The number of carbonyl (C=O) groups excluding carboxylic acids is 1. The molecule has 1 saturated heterocycles. The van der Waals surface area contributed by atoms with Gasteiger partial charge in [0.05, 0.1) is 5.92 Å². The molecule has 2 aromatic rings. The molecule has 2 heterocycles. The quantitative estimate of drug-likeness (QED) is 0.827. The first-order valence-electron chi connectivity index (χ1n) is 9.07. The fourth-order valence-corrected chi connectivity index (χ4v) is 4.25. The number of fused-ring (bicyclic) bond motifs is 1. The van der Waals surface area contributed by atoms with Crippen molar-refractivity contribution < 1.29 is 4.79 Å². The maximum absolute atomic E-state index is 13.1. The van der Waals surface area contributed by atoms with Gasteiger partial charge in [-0.2, -0.15) is 0 Å². The van der Waals surface area contributed by atoms with Crippen molar-refractivity contribution in [2.24, 2.45) is 5.92 Å². The number of anilines is 1. The Bertz CT molecular complexity index is 776. The van der Waals surface area contributed by atoms with Crippen molar-refractivity contribution >= 4 is 23.2 Å². The Labute approximate surface area is 154 Å². The van der Waals surface area contributed by atoms with Crippen LogP contribution < -0.4 is 4.90 Å². The van der Waals surface area contributed by atoms with Gasteiger partial charge in [0, 0.05) is 30.3 Å². The molecule has 130 valence electrons. The summed E-state index contributed by atoms with van der Waals surface area (Å²) in [6, 6.07) is 16.3. The Morgan fingerprint density at radius 1 is 1.08 bits per heavy atom. The van der Waals surface area contributed by atoms with Gasteiger partial charge in [-0.3, -0.25) is 9.69 Å². The van der Waals surface area contributed by atoms with Crippen molar-refractivity contribution in [2.45, 2.75) is 25.8 Å². The molecule has 2 aliphatic heterocycles. The summed E-state index contributed by atoms with van der Waals surface area (Å²) in [6.07, 6.45) is 3.02. The van der Waals surface area contributed by atoms with Crippen LogP contribution in [0.1, 0.15) is 24.0 Å². The molecule has 3 nitrogen and oxygen atoms in total. The molecule has 1 atom stereocenters. The van der Waals surface area contributed by atoms with E-state index in [0.29, 0.717) is 0 Å². The molecular formula is C21H23ClN2O. The minimum absolute atomic E-state index is 0.0855. The van der Waals surface area contributed by atoms with E-state index >= 15 is 0 Å². The van der Waals surface area contributed by atoms with Crippen LogP contribution in [0.4, 0.5) is 5.69 Å². The van der Waals surface area contributed by atoms with E-state index in [1.807, 2.05) is 29.2 Å². The van der Waals surface area contributed by atoms with Gasteiger partial charge >= 0.3 is 0 Å². The lowest BCUT2D eigenvalue weighted by Crippen LogP contribution is -2.44. The van der Waals surface area contributed by atoms with Crippen LogP contribution in [0.25, 0.3) is 0 Å². The molecule has 0 N–H and O–H groups in total. The van der Waals surface area contributed by atoms with E-state index in [0.717, 1.165) is 61.7 Å². The van der Waals surface area contributed by atoms with Crippen LogP contribution in [-0.4, -0.2) is 30.4 Å². The highest BCUT2D eigenvalue weighted by atomic mass is 35.5. The molecule has 0 unspecified atom stereocenters. The summed E-state index contributed by atoms with van der Waals surface area (Å²) >= 11 is 6.30. The minimum atomic E-state index is 0.0855. The lowest BCUT2D eigenvalue weighted by atomic mass is 9.96. The normalized spacial score (nSPS) is 20.5. The summed E-state index contributed by atoms with van der Waals surface area (Å²) in [5, 5.41) is 0.810. The number of nitrogens with zero attached hydrogens (tertiary/aromatic N) is 2. The molecule has 4 heteroatoms. The topological polar surface area (TPSA) is 23.6 Å². The Balaban J connectivity index is 1.45. The van der Waals surface area contributed by atoms with Crippen molar-refractivity contribution in [1.29, 1.82) is 0 Å². The Morgan fingerprint density at radius 3 is 2.76 bits per heavy atom. The molecule has 4 rings (SSSR count). The predicted octanol–water partition coefficient (Wildman–Crippen LogP) is 4.14. The van der Waals surface area contributed by atoms with Crippen molar-refractivity contribution in [3.8, 4) is 0 Å². The van der Waals surface area contributed by atoms with Crippen molar-refractivity contribution in [3.63, 3.8) is 0 Å². The second-order valence-corrected chi connectivity index (χ2v) is 7.44. The molecule has 0 bridgehead atoms. The molecule has 1 amide bonds. The van der Waals surface area contributed by atoms with Crippen LogP contribution in [0.2, 0.25) is 5.02 Å². The second-order valence-electron chi connectivity index (χ2n) is 7.03. The number of benzene rings is 2. The van der Waals surface area contributed by atoms with E-state index in [4.69, 9.17) is 11.6 Å². The number of hydrogen-bond donors (Lipinski definition) is 0. The SMILES string of the molecule is O=C([C@H]1CCCN(Cc2ccccc2Cl)C1)N1CCc2ccccc21. The van der Waals surface area contributed by atoms with Crippen molar-refractivity contribution in [2.75, 3.05) is 24.5 Å². The molecule has 0 saturated carbocycles. The summed E-state index contributed by atoms with van der Waals surface area (Å²) in [4.78, 5) is 17.5. The average molecular weight is 355 g/mol. The zero-order chi connectivity index (χ0) is 17.2. The largest absolute Gasteiger partial charge is 0.312 e. The molecule has 2 aromatic carbocycles. The smallest absolute Gasteiger partial charge is 0.231 e. The van der Waals surface area contributed by atoms with Gasteiger partial charge in [-0.15, -0.1) is 0 Å². The fourth-order valence-electron chi connectivity index (χ4n) is 4.06. The predicted molar refractivity (Wildman–Crippen MR) is 102 cm³/mol. The molecule has 2 aliphatic rings. The number of para-hydroxylation sites is 1. The maximum Gasteiger partial charge on any atom is 0.231 e. The van der Waals surface area contributed by atoms with Crippen molar-refractivity contribution in [1.82, 2.24) is 4.90 Å². The summed E-state index contributed by atoms with van der Waals surface area (Å²) in [5.41, 5.74) is 3.54. The van der Waals surface area contributed by atoms with Gasteiger partial charge in [0.1, 0.15) is 0 Å². The van der Waals surface area contributed by atoms with Gasteiger partial charge in [0.15, 0.2) is 0 Å². The zero-order valence-corrected chi connectivity index (χ0v) is 15.1. The zero-order valence-electron chi connectivity index (χ0n) is 14.3. The molecule has 0 radical (unpaired) electrons. The summed E-state index contributed by atoms with van der Waals surface area (Å²) in [6.45, 7) is 3.49. The maximum atomic E-state index is 13.1. The third-order valence-corrected chi connectivity index (χ3v) is 5.73. The minimum Gasteiger partial charge on any atom is -0.312 e. The van der Waals surface area contributed by atoms with E-state index < -0.39 is 0 Å². The number of hydrogen-bond acceptors (Lipinski definition) is 2. The number of carbonyl (C=O) groups is 1. The Kier molecular flexibility index (Phi) is 4.78. The van der Waals surface area contributed by atoms with E-state index in [-0.39, 0.29) is 11.8 Å². The summed E-state index contributed by atoms with van der Waals surface area (Å²) < 4.78 is 0. The van der Waals surface area contributed by atoms with Crippen LogP contribution in [0.3, 0.4) is 0 Å². The average Bonchev–Trinajstić information content (AvgIpc) is 3.07.